The highest BCUT2D eigenvalue weighted by Crippen LogP contribution is 2.30. The van der Waals surface area contributed by atoms with Gasteiger partial charge in [0.2, 0.25) is 0 Å². The first-order valence-corrected chi connectivity index (χ1v) is 9.52. The second-order valence-corrected chi connectivity index (χ2v) is 7.63. The predicted octanol–water partition coefficient (Wildman–Crippen LogP) is 3.09. The molecule has 1 aromatic rings. The van der Waals surface area contributed by atoms with Gasteiger partial charge in [0.05, 0.1) is 12.2 Å². The molecule has 1 aromatic heterocycles. The summed E-state index contributed by atoms with van der Waals surface area (Å²) in [6.45, 7) is 4.09. The molecule has 5 nitrogen and oxygen atoms in total. The molecule has 0 aliphatic heterocycles. The van der Waals surface area contributed by atoms with Gasteiger partial charge >= 0.3 is 0 Å². The van der Waals surface area contributed by atoms with Crippen molar-refractivity contribution in [3.8, 4) is 0 Å². The number of aliphatic imine (C=N–C) groups is 1. The number of rotatable bonds is 6. The molecule has 0 saturated heterocycles. The van der Waals surface area contributed by atoms with Gasteiger partial charge in [-0.05, 0) is 24.7 Å². The minimum absolute atomic E-state index is 0.713. The molecule has 1 saturated carbocycles. The fourth-order valence-electron chi connectivity index (χ4n) is 3.19. The molecule has 1 fully saturated rings. The van der Waals surface area contributed by atoms with Gasteiger partial charge in [-0.25, -0.2) is 4.98 Å². The first kappa shape index (κ1) is 18.0. The maximum Gasteiger partial charge on any atom is 0.191 e. The fourth-order valence-corrected chi connectivity index (χ4v) is 3.95. The van der Waals surface area contributed by atoms with Crippen LogP contribution in [0.1, 0.15) is 44.7 Å². The Hall–Kier alpha value is -1.30. The second kappa shape index (κ2) is 9.11. The van der Waals surface area contributed by atoms with Crippen LogP contribution < -0.4 is 15.5 Å². The zero-order chi connectivity index (χ0) is 16.7. The van der Waals surface area contributed by atoms with Crippen molar-refractivity contribution in [1.82, 2.24) is 15.6 Å². The van der Waals surface area contributed by atoms with E-state index >= 15 is 0 Å². The Kier molecular flexibility index (Phi) is 7.15. The summed E-state index contributed by atoms with van der Waals surface area (Å²) in [4.78, 5) is 10.9. The van der Waals surface area contributed by atoms with Crippen LogP contribution in [0.4, 0.5) is 5.13 Å². The summed E-state index contributed by atoms with van der Waals surface area (Å²) in [6.07, 6.45) is 6.84. The maximum absolute atomic E-state index is 4.58. The van der Waals surface area contributed by atoms with Crippen LogP contribution in [0.15, 0.2) is 10.4 Å². The third kappa shape index (κ3) is 6.01. The lowest BCUT2D eigenvalue weighted by molar-refractivity contribution is 0.270. The van der Waals surface area contributed by atoms with E-state index in [2.05, 4.69) is 32.9 Å². The Labute approximate surface area is 144 Å². The molecule has 1 aliphatic rings. The molecule has 2 N–H and O–H groups in total. The number of nitrogens with one attached hydrogen (secondary N) is 2. The Balaban J connectivity index is 1.68. The molecule has 2 unspecified atom stereocenters. The van der Waals surface area contributed by atoms with E-state index in [1.54, 1.807) is 11.3 Å². The molecule has 2 rings (SSSR count). The standard InChI is InChI=1S/C17H31N5S/c1-13-6-5-7-14(10-13)8-9-19-16(18-2)20-11-15-12-23-17(21-15)22(3)4/h12-14H,5-11H2,1-4H3,(H2,18,19,20). The average molecular weight is 338 g/mol. The van der Waals surface area contributed by atoms with Gasteiger partial charge in [0, 0.05) is 33.1 Å². The van der Waals surface area contributed by atoms with Crippen LogP contribution in [-0.4, -0.2) is 38.6 Å². The van der Waals surface area contributed by atoms with Crippen molar-refractivity contribution in [3.63, 3.8) is 0 Å². The van der Waals surface area contributed by atoms with Gasteiger partial charge in [0.25, 0.3) is 0 Å². The van der Waals surface area contributed by atoms with Gasteiger partial charge in [0.1, 0.15) is 0 Å². The Morgan fingerprint density at radius 3 is 2.87 bits per heavy atom. The quantitative estimate of drug-likeness (QED) is 0.619. The number of anilines is 1. The highest BCUT2D eigenvalue weighted by atomic mass is 32.1. The molecule has 1 heterocycles. The number of hydrogen-bond acceptors (Lipinski definition) is 4. The summed E-state index contributed by atoms with van der Waals surface area (Å²) in [7, 11) is 5.86. The molecular weight excluding hydrogens is 306 g/mol. The number of hydrogen-bond donors (Lipinski definition) is 2. The molecule has 2 atom stereocenters. The van der Waals surface area contributed by atoms with Gasteiger partial charge < -0.3 is 15.5 Å². The first-order chi connectivity index (χ1) is 11.1. The summed E-state index contributed by atoms with van der Waals surface area (Å²) < 4.78 is 0. The minimum atomic E-state index is 0.713. The van der Waals surface area contributed by atoms with Crippen molar-refractivity contribution in [2.24, 2.45) is 16.8 Å². The van der Waals surface area contributed by atoms with Crippen molar-refractivity contribution < 1.29 is 0 Å². The Bertz CT molecular complexity index is 497. The van der Waals surface area contributed by atoms with Crippen LogP contribution in [0.2, 0.25) is 0 Å². The van der Waals surface area contributed by atoms with Crippen molar-refractivity contribution in [3.05, 3.63) is 11.1 Å². The van der Waals surface area contributed by atoms with E-state index in [1.807, 2.05) is 26.0 Å². The normalized spacial score (nSPS) is 22.0. The largest absolute Gasteiger partial charge is 0.356 e. The third-order valence-corrected chi connectivity index (χ3v) is 5.53. The number of thiazole rings is 1. The molecule has 0 amide bonds. The average Bonchev–Trinajstić information content (AvgIpc) is 3.00. The number of aromatic nitrogens is 1. The summed E-state index contributed by atoms with van der Waals surface area (Å²) in [5.74, 6) is 2.65. The van der Waals surface area contributed by atoms with Crippen molar-refractivity contribution in [2.45, 2.75) is 45.6 Å². The topological polar surface area (TPSA) is 52.6 Å². The lowest BCUT2D eigenvalue weighted by Gasteiger charge is -2.26. The molecule has 0 radical (unpaired) electrons. The molecule has 130 valence electrons. The highest BCUT2D eigenvalue weighted by Gasteiger charge is 2.18. The second-order valence-electron chi connectivity index (χ2n) is 6.79. The summed E-state index contributed by atoms with van der Waals surface area (Å²) >= 11 is 1.67. The number of guanidine groups is 1. The summed E-state index contributed by atoms with van der Waals surface area (Å²) in [5, 5.41) is 9.92. The molecular formula is C17H31N5S. The van der Waals surface area contributed by atoms with Crippen LogP contribution in [-0.2, 0) is 6.54 Å². The van der Waals surface area contributed by atoms with Gasteiger partial charge in [-0.2, -0.15) is 0 Å². The maximum atomic E-state index is 4.58. The van der Waals surface area contributed by atoms with Crippen LogP contribution in [0.5, 0.6) is 0 Å². The molecule has 1 aliphatic carbocycles. The van der Waals surface area contributed by atoms with Crippen LogP contribution in [0, 0.1) is 11.8 Å². The van der Waals surface area contributed by atoms with E-state index in [0.717, 1.165) is 35.2 Å². The van der Waals surface area contributed by atoms with E-state index in [4.69, 9.17) is 0 Å². The highest BCUT2D eigenvalue weighted by molar-refractivity contribution is 7.13. The predicted molar refractivity (Wildman–Crippen MR) is 100 cm³/mol. The monoisotopic (exact) mass is 337 g/mol. The van der Waals surface area contributed by atoms with Crippen molar-refractivity contribution >= 4 is 22.4 Å². The minimum Gasteiger partial charge on any atom is -0.356 e. The van der Waals surface area contributed by atoms with Crippen molar-refractivity contribution in [2.75, 3.05) is 32.6 Å². The molecule has 0 spiro atoms. The first-order valence-electron chi connectivity index (χ1n) is 8.64. The van der Waals surface area contributed by atoms with E-state index < -0.39 is 0 Å². The van der Waals surface area contributed by atoms with Gasteiger partial charge in [-0.15, -0.1) is 11.3 Å². The zero-order valence-electron chi connectivity index (χ0n) is 14.9. The number of nitrogens with zero attached hydrogens (tertiary/aromatic N) is 3. The van der Waals surface area contributed by atoms with E-state index in [-0.39, 0.29) is 0 Å². The van der Waals surface area contributed by atoms with E-state index in [0.29, 0.717) is 6.54 Å². The van der Waals surface area contributed by atoms with Crippen LogP contribution >= 0.6 is 11.3 Å². The van der Waals surface area contributed by atoms with Crippen LogP contribution in [0.25, 0.3) is 0 Å². The summed E-state index contributed by atoms with van der Waals surface area (Å²) in [6, 6.07) is 0. The summed E-state index contributed by atoms with van der Waals surface area (Å²) in [5.41, 5.74) is 1.06. The third-order valence-electron chi connectivity index (χ3n) is 4.47. The lowest BCUT2D eigenvalue weighted by Crippen LogP contribution is -2.38. The van der Waals surface area contributed by atoms with E-state index in [9.17, 15) is 0 Å². The smallest absolute Gasteiger partial charge is 0.191 e. The van der Waals surface area contributed by atoms with Crippen molar-refractivity contribution in [1.29, 1.82) is 0 Å². The lowest BCUT2D eigenvalue weighted by atomic mass is 9.81. The van der Waals surface area contributed by atoms with Crippen LogP contribution in [0.3, 0.4) is 0 Å². The van der Waals surface area contributed by atoms with Gasteiger partial charge in [-0.3, -0.25) is 4.99 Å². The fraction of sp³-hybridized carbons (Fsp3) is 0.765. The molecule has 0 bridgehead atoms. The van der Waals surface area contributed by atoms with Gasteiger partial charge in [-0.1, -0.05) is 26.2 Å². The molecule has 23 heavy (non-hydrogen) atoms. The SMILES string of the molecule is CN=C(NCCC1CCCC(C)C1)NCc1csc(N(C)C)n1. The molecule has 6 heteroatoms. The Morgan fingerprint density at radius 1 is 1.39 bits per heavy atom. The molecule has 0 aromatic carbocycles. The van der Waals surface area contributed by atoms with E-state index in [1.165, 1.54) is 32.1 Å². The zero-order valence-corrected chi connectivity index (χ0v) is 15.7. The van der Waals surface area contributed by atoms with Gasteiger partial charge in [0.15, 0.2) is 11.1 Å². The Morgan fingerprint density at radius 2 is 2.22 bits per heavy atom.